The third-order valence-electron chi connectivity index (χ3n) is 5.49. The summed E-state index contributed by atoms with van der Waals surface area (Å²) in [7, 11) is 1.48. The number of carbonyl (C=O) groups is 3. The molecular formula is C18H22ClN2O4+. The Balaban J connectivity index is 2.10. The number of nitrogens with two attached hydrogens (primary N) is 1. The molecule has 3 rings (SSSR count). The lowest BCUT2D eigenvalue weighted by atomic mass is 9.78. The number of likely N-dealkylation sites (tertiary alicyclic amines) is 1. The van der Waals surface area contributed by atoms with Gasteiger partial charge in [-0.25, -0.2) is 4.79 Å². The van der Waals surface area contributed by atoms with Crippen molar-refractivity contribution in [3.05, 3.63) is 34.9 Å². The van der Waals surface area contributed by atoms with Crippen LogP contribution in [0.1, 0.15) is 31.9 Å². The van der Waals surface area contributed by atoms with E-state index in [2.05, 4.69) is 0 Å². The number of nitrogens with zero attached hydrogens (tertiary/aromatic N) is 1. The van der Waals surface area contributed by atoms with Crippen LogP contribution in [0.3, 0.4) is 0 Å². The highest BCUT2D eigenvalue weighted by Crippen LogP contribution is 2.45. The minimum atomic E-state index is -1.08. The van der Waals surface area contributed by atoms with E-state index in [9.17, 15) is 14.4 Å². The zero-order valence-corrected chi connectivity index (χ0v) is 15.2. The number of carbonyl (C=O) groups excluding carboxylic acids is 3. The zero-order chi connectivity index (χ0) is 18.4. The van der Waals surface area contributed by atoms with Gasteiger partial charge < -0.3 is 10.1 Å². The average Bonchev–Trinajstić information content (AvgIpc) is 3.06. The monoisotopic (exact) mass is 365 g/mol. The molecule has 134 valence electrons. The van der Waals surface area contributed by atoms with E-state index in [1.165, 1.54) is 7.05 Å². The standard InChI is InChI=1S/C18H21ClN2O4/c1-4-18(17(24)25-5-2)13-12(15(22)21(3)16(13)23)14(20-18)10-6-8-11(19)9-7-10/h6-9,12-14,20H,4-5H2,1-3H3/p+1/t12-,13+,14-,18+/m0/s1. The Kier molecular flexibility index (Phi) is 4.60. The van der Waals surface area contributed by atoms with Crippen LogP contribution in [-0.4, -0.2) is 41.9 Å². The van der Waals surface area contributed by atoms with Crippen molar-refractivity contribution in [2.75, 3.05) is 13.7 Å². The van der Waals surface area contributed by atoms with Crippen LogP contribution in [0.4, 0.5) is 0 Å². The summed E-state index contributed by atoms with van der Waals surface area (Å²) >= 11 is 5.97. The van der Waals surface area contributed by atoms with Crippen molar-refractivity contribution < 1.29 is 24.4 Å². The van der Waals surface area contributed by atoms with E-state index in [1.54, 1.807) is 19.1 Å². The number of imide groups is 1. The van der Waals surface area contributed by atoms with Crippen molar-refractivity contribution in [3.8, 4) is 0 Å². The van der Waals surface area contributed by atoms with Gasteiger partial charge in [-0.05, 0) is 19.1 Å². The van der Waals surface area contributed by atoms with Crippen LogP contribution >= 0.6 is 11.6 Å². The number of hydrogen-bond donors (Lipinski definition) is 1. The largest absolute Gasteiger partial charge is 0.461 e. The number of rotatable bonds is 4. The summed E-state index contributed by atoms with van der Waals surface area (Å²) in [5, 5.41) is 2.45. The molecule has 0 aromatic heterocycles. The molecular weight excluding hydrogens is 344 g/mol. The predicted molar refractivity (Wildman–Crippen MR) is 90.5 cm³/mol. The Morgan fingerprint density at radius 2 is 1.88 bits per heavy atom. The van der Waals surface area contributed by atoms with Gasteiger partial charge in [-0.15, -0.1) is 0 Å². The summed E-state index contributed by atoms with van der Waals surface area (Å²) in [5.41, 5.74) is -0.210. The molecule has 2 aliphatic rings. The molecule has 7 heteroatoms. The van der Waals surface area contributed by atoms with Gasteiger partial charge in [-0.2, -0.15) is 0 Å². The van der Waals surface area contributed by atoms with Gasteiger partial charge in [0.05, 0.1) is 6.61 Å². The molecule has 2 fully saturated rings. The van der Waals surface area contributed by atoms with Gasteiger partial charge in [0.2, 0.25) is 17.4 Å². The van der Waals surface area contributed by atoms with Crippen molar-refractivity contribution in [1.29, 1.82) is 0 Å². The van der Waals surface area contributed by atoms with Gasteiger partial charge in [-0.1, -0.05) is 30.7 Å². The zero-order valence-electron chi connectivity index (χ0n) is 14.5. The number of quaternary nitrogens is 1. The van der Waals surface area contributed by atoms with Crippen molar-refractivity contribution in [3.63, 3.8) is 0 Å². The normalized spacial score (nSPS) is 31.4. The van der Waals surface area contributed by atoms with Crippen molar-refractivity contribution >= 4 is 29.4 Å². The lowest BCUT2D eigenvalue weighted by Crippen LogP contribution is -2.98. The third kappa shape index (κ3) is 2.55. The number of halogens is 1. The van der Waals surface area contributed by atoms with E-state index in [0.29, 0.717) is 11.4 Å². The molecule has 0 spiro atoms. The molecule has 0 radical (unpaired) electrons. The number of benzene rings is 1. The quantitative estimate of drug-likeness (QED) is 0.635. The van der Waals surface area contributed by atoms with E-state index in [0.717, 1.165) is 10.5 Å². The van der Waals surface area contributed by atoms with E-state index < -0.39 is 23.3 Å². The first-order valence-corrected chi connectivity index (χ1v) is 8.85. The highest BCUT2D eigenvalue weighted by molar-refractivity contribution is 6.30. The topological polar surface area (TPSA) is 80.3 Å². The van der Waals surface area contributed by atoms with E-state index in [1.807, 2.05) is 24.4 Å². The predicted octanol–water partition coefficient (Wildman–Crippen LogP) is 0.901. The summed E-state index contributed by atoms with van der Waals surface area (Å²) < 4.78 is 5.28. The molecule has 25 heavy (non-hydrogen) atoms. The summed E-state index contributed by atoms with van der Waals surface area (Å²) in [6.07, 6.45) is 0.407. The lowest BCUT2D eigenvalue weighted by molar-refractivity contribution is -0.734. The van der Waals surface area contributed by atoms with E-state index >= 15 is 0 Å². The van der Waals surface area contributed by atoms with Crippen LogP contribution < -0.4 is 5.32 Å². The number of ether oxygens (including phenoxy) is 1. The Morgan fingerprint density at radius 3 is 2.44 bits per heavy atom. The highest BCUT2D eigenvalue weighted by Gasteiger charge is 2.71. The molecule has 0 aliphatic carbocycles. The second kappa shape index (κ2) is 6.42. The van der Waals surface area contributed by atoms with Crippen LogP contribution in [-0.2, 0) is 19.1 Å². The van der Waals surface area contributed by atoms with E-state index in [-0.39, 0.29) is 24.5 Å². The Hall–Kier alpha value is -1.92. The molecule has 2 aliphatic heterocycles. The van der Waals surface area contributed by atoms with Gasteiger partial charge in [0, 0.05) is 24.1 Å². The summed E-state index contributed by atoms with van der Waals surface area (Å²) in [6, 6.07) is 6.86. The molecule has 2 amide bonds. The fraction of sp³-hybridized carbons (Fsp3) is 0.500. The number of fused-ring (bicyclic) bond motifs is 1. The fourth-order valence-electron chi connectivity index (χ4n) is 4.20. The van der Waals surface area contributed by atoms with Gasteiger partial charge in [0.15, 0.2) is 0 Å². The van der Waals surface area contributed by atoms with Crippen LogP contribution in [0.2, 0.25) is 5.02 Å². The van der Waals surface area contributed by atoms with Gasteiger partial charge in [-0.3, -0.25) is 14.5 Å². The minimum Gasteiger partial charge on any atom is -0.461 e. The van der Waals surface area contributed by atoms with Crippen LogP contribution in [0.25, 0.3) is 0 Å². The number of esters is 1. The first-order chi connectivity index (χ1) is 11.9. The number of amides is 2. The molecule has 2 saturated heterocycles. The number of hydrogen-bond acceptors (Lipinski definition) is 4. The fourth-order valence-corrected chi connectivity index (χ4v) is 4.32. The maximum absolute atomic E-state index is 12.8. The maximum atomic E-state index is 12.8. The van der Waals surface area contributed by atoms with Gasteiger partial charge >= 0.3 is 5.97 Å². The van der Waals surface area contributed by atoms with Crippen LogP contribution in [0, 0.1) is 11.8 Å². The Morgan fingerprint density at radius 1 is 1.24 bits per heavy atom. The Labute approximate surface area is 151 Å². The van der Waals surface area contributed by atoms with Crippen molar-refractivity contribution in [2.24, 2.45) is 11.8 Å². The molecule has 1 aromatic carbocycles. The first kappa shape index (κ1) is 17.9. The third-order valence-corrected chi connectivity index (χ3v) is 5.74. The summed E-state index contributed by atoms with van der Waals surface area (Å²) in [6.45, 7) is 3.82. The Bertz CT molecular complexity index is 720. The van der Waals surface area contributed by atoms with Gasteiger partial charge in [0.1, 0.15) is 17.9 Å². The van der Waals surface area contributed by atoms with Crippen LogP contribution in [0.15, 0.2) is 24.3 Å². The molecule has 2 N–H and O–H groups in total. The van der Waals surface area contributed by atoms with E-state index in [4.69, 9.17) is 16.3 Å². The van der Waals surface area contributed by atoms with Crippen LogP contribution in [0.5, 0.6) is 0 Å². The van der Waals surface area contributed by atoms with Crippen molar-refractivity contribution in [1.82, 2.24) is 4.90 Å². The molecule has 2 heterocycles. The molecule has 4 atom stereocenters. The SMILES string of the molecule is CCOC(=O)[C@]1(CC)[NH2+][C@@H](c2ccc(Cl)cc2)[C@H]2C(=O)N(C)C(=O)[C@@H]21. The maximum Gasteiger partial charge on any atom is 0.368 e. The second-order valence-electron chi connectivity index (χ2n) is 6.60. The minimum absolute atomic E-state index is 0.232. The molecule has 0 unspecified atom stereocenters. The first-order valence-electron chi connectivity index (χ1n) is 8.47. The van der Waals surface area contributed by atoms with Gasteiger partial charge in [0.25, 0.3) is 0 Å². The molecule has 0 saturated carbocycles. The average molecular weight is 366 g/mol. The summed E-state index contributed by atoms with van der Waals surface area (Å²) in [5.74, 6) is -2.28. The molecule has 1 aromatic rings. The smallest absolute Gasteiger partial charge is 0.368 e. The van der Waals surface area contributed by atoms with Crippen molar-refractivity contribution in [2.45, 2.75) is 31.8 Å². The second-order valence-corrected chi connectivity index (χ2v) is 7.03. The lowest BCUT2D eigenvalue weighted by Gasteiger charge is -2.28. The molecule has 0 bridgehead atoms. The molecule has 6 nitrogen and oxygen atoms in total. The summed E-state index contributed by atoms with van der Waals surface area (Å²) in [4.78, 5) is 39.4. The highest BCUT2D eigenvalue weighted by atomic mass is 35.5.